The smallest absolute Gasteiger partial charge is 0.323 e. The van der Waals surface area contributed by atoms with Gasteiger partial charge in [-0.25, -0.2) is 4.98 Å². The van der Waals surface area contributed by atoms with E-state index in [4.69, 9.17) is 0 Å². The maximum Gasteiger partial charge on any atom is 0.416 e. The Bertz CT molecular complexity index is 891. The van der Waals surface area contributed by atoms with Crippen LogP contribution in [0.1, 0.15) is 55.0 Å². The lowest BCUT2D eigenvalue weighted by Gasteiger charge is -2.22. The SMILES string of the molecule is FC(F)(F)c1ccc2c(c1)nc(C1CCCCC1)n2Cc1ccccc1. The van der Waals surface area contributed by atoms with Gasteiger partial charge >= 0.3 is 6.18 Å². The summed E-state index contributed by atoms with van der Waals surface area (Å²) >= 11 is 0. The Kier molecular flexibility index (Phi) is 4.47. The number of aromatic nitrogens is 2. The summed E-state index contributed by atoms with van der Waals surface area (Å²) in [5, 5.41) is 0. The van der Waals surface area contributed by atoms with Crippen LogP contribution in [0, 0.1) is 0 Å². The molecule has 1 saturated carbocycles. The maximum absolute atomic E-state index is 13.1. The maximum atomic E-state index is 13.1. The third-order valence-electron chi connectivity index (χ3n) is 5.26. The number of rotatable bonds is 3. The molecule has 3 aromatic rings. The van der Waals surface area contributed by atoms with Crippen molar-refractivity contribution in [2.24, 2.45) is 0 Å². The van der Waals surface area contributed by atoms with Crippen molar-refractivity contribution < 1.29 is 13.2 Å². The highest BCUT2D eigenvalue weighted by Gasteiger charge is 2.31. The van der Waals surface area contributed by atoms with E-state index < -0.39 is 11.7 Å². The second kappa shape index (κ2) is 6.78. The third-order valence-corrected chi connectivity index (χ3v) is 5.26. The first kappa shape index (κ1) is 17.1. The van der Waals surface area contributed by atoms with E-state index in [1.54, 1.807) is 6.07 Å². The molecule has 26 heavy (non-hydrogen) atoms. The van der Waals surface area contributed by atoms with E-state index in [-0.39, 0.29) is 0 Å². The minimum absolute atomic E-state index is 0.328. The van der Waals surface area contributed by atoms with Crippen molar-refractivity contribution >= 4 is 11.0 Å². The molecular weight excluding hydrogens is 337 g/mol. The largest absolute Gasteiger partial charge is 0.416 e. The number of imidazole rings is 1. The Hall–Kier alpha value is -2.30. The van der Waals surface area contributed by atoms with Crippen molar-refractivity contribution in [3.63, 3.8) is 0 Å². The molecule has 1 aliphatic rings. The minimum Gasteiger partial charge on any atom is -0.323 e. The van der Waals surface area contributed by atoms with Crippen LogP contribution in [0.15, 0.2) is 48.5 Å². The van der Waals surface area contributed by atoms with Gasteiger partial charge in [0.1, 0.15) is 5.82 Å². The molecule has 2 aromatic carbocycles. The molecule has 5 heteroatoms. The Labute approximate surface area is 150 Å². The molecule has 1 aromatic heterocycles. The summed E-state index contributed by atoms with van der Waals surface area (Å²) in [5.74, 6) is 1.26. The van der Waals surface area contributed by atoms with Crippen molar-refractivity contribution in [1.82, 2.24) is 9.55 Å². The minimum atomic E-state index is -4.34. The molecule has 2 nitrogen and oxygen atoms in total. The fourth-order valence-electron chi connectivity index (χ4n) is 3.93. The second-order valence-electron chi connectivity index (χ2n) is 7.08. The van der Waals surface area contributed by atoms with Gasteiger partial charge in [0.25, 0.3) is 0 Å². The zero-order valence-corrected chi connectivity index (χ0v) is 14.5. The number of halogens is 3. The van der Waals surface area contributed by atoms with Crippen LogP contribution in [0.2, 0.25) is 0 Å². The number of hydrogen-bond acceptors (Lipinski definition) is 1. The van der Waals surface area contributed by atoms with Gasteiger partial charge < -0.3 is 4.57 Å². The van der Waals surface area contributed by atoms with Crippen LogP contribution in [-0.2, 0) is 12.7 Å². The van der Waals surface area contributed by atoms with E-state index >= 15 is 0 Å². The van der Waals surface area contributed by atoms with E-state index in [0.29, 0.717) is 18.0 Å². The van der Waals surface area contributed by atoms with Gasteiger partial charge in [0.05, 0.1) is 16.6 Å². The third kappa shape index (κ3) is 3.35. The van der Waals surface area contributed by atoms with Gasteiger partial charge in [0.2, 0.25) is 0 Å². The van der Waals surface area contributed by atoms with E-state index in [2.05, 4.69) is 9.55 Å². The average molecular weight is 358 g/mol. The first-order chi connectivity index (χ1) is 12.5. The summed E-state index contributed by atoms with van der Waals surface area (Å²) in [6, 6.07) is 13.9. The molecule has 0 spiro atoms. The van der Waals surface area contributed by atoms with Gasteiger partial charge in [-0.3, -0.25) is 0 Å². The highest BCUT2D eigenvalue weighted by Crippen LogP contribution is 2.36. The lowest BCUT2D eigenvalue weighted by molar-refractivity contribution is -0.137. The molecular formula is C21H21F3N2. The molecule has 0 N–H and O–H groups in total. The van der Waals surface area contributed by atoms with Crippen molar-refractivity contribution in [1.29, 1.82) is 0 Å². The number of hydrogen-bond donors (Lipinski definition) is 0. The molecule has 1 heterocycles. The van der Waals surface area contributed by atoms with Gasteiger partial charge in [0.15, 0.2) is 0 Å². The van der Waals surface area contributed by atoms with Gasteiger partial charge in [-0.1, -0.05) is 49.6 Å². The lowest BCUT2D eigenvalue weighted by atomic mass is 9.88. The number of alkyl halides is 3. The Morgan fingerprint density at radius 1 is 0.962 bits per heavy atom. The predicted molar refractivity (Wildman–Crippen MR) is 96.1 cm³/mol. The van der Waals surface area contributed by atoms with Crippen LogP contribution < -0.4 is 0 Å². The molecule has 136 valence electrons. The van der Waals surface area contributed by atoms with E-state index in [0.717, 1.165) is 48.7 Å². The summed E-state index contributed by atoms with van der Waals surface area (Å²) in [5.41, 5.74) is 1.71. The topological polar surface area (TPSA) is 17.8 Å². The molecule has 4 rings (SSSR count). The molecule has 0 saturated heterocycles. The molecule has 0 amide bonds. The van der Waals surface area contributed by atoms with Crippen molar-refractivity contribution in [3.8, 4) is 0 Å². The predicted octanol–water partition coefficient (Wildman–Crippen LogP) is 6.15. The van der Waals surface area contributed by atoms with Crippen molar-refractivity contribution in [2.45, 2.75) is 50.7 Å². The summed E-state index contributed by atoms with van der Waals surface area (Å²) < 4.78 is 41.4. The van der Waals surface area contributed by atoms with Crippen LogP contribution in [0.25, 0.3) is 11.0 Å². The van der Waals surface area contributed by atoms with Crippen molar-refractivity contribution in [3.05, 3.63) is 65.5 Å². The van der Waals surface area contributed by atoms with Crippen LogP contribution in [0.4, 0.5) is 13.2 Å². The number of nitrogens with zero attached hydrogens (tertiary/aromatic N) is 2. The van der Waals surface area contributed by atoms with Crippen LogP contribution in [-0.4, -0.2) is 9.55 Å². The summed E-state index contributed by atoms with van der Waals surface area (Å²) in [6.45, 7) is 0.633. The first-order valence-corrected chi connectivity index (χ1v) is 9.14. The average Bonchev–Trinajstić information content (AvgIpc) is 3.00. The molecule has 0 bridgehead atoms. The molecule has 1 aliphatic carbocycles. The van der Waals surface area contributed by atoms with E-state index in [1.807, 2.05) is 30.3 Å². The van der Waals surface area contributed by atoms with Crippen LogP contribution >= 0.6 is 0 Å². The van der Waals surface area contributed by atoms with Gasteiger partial charge in [-0.2, -0.15) is 13.2 Å². The monoisotopic (exact) mass is 358 g/mol. The molecule has 1 fully saturated rings. The van der Waals surface area contributed by atoms with Crippen LogP contribution in [0.3, 0.4) is 0 Å². The Morgan fingerprint density at radius 3 is 2.38 bits per heavy atom. The Morgan fingerprint density at radius 2 is 1.69 bits per heavy atom. The quantitative estimate of drug-likeness (QED) is 0.549. The molecule has 0 unspecified atom stereocenters. The summed E-state index contributed by atoms with van der Waals surface area (Å²) in [7, 11) is 0. The molecule has 0 atom stereocenters. The molecule has 0 radical (unpaired) electrons. The number of fused-ring (bicyclic) bond motifs is 1. The highest BCUT2D eigenvalue weighted by atomic mass is 19.4. The second-order valence-corrected chi connectivity index (χ2v) is 7.08. The van der Waals surface area contributed by atoms with E-state index in [9.17, 15) is 13.2 Å². The lowest BCUT2D eigenvalue weighted by Crippen LogP contribution is -2.13. The standard InChI is InChI=1S/C21H21F3N2/c22-21(23,24)17-11-12-19-18(13-17)25-20(16-9-5-2-6-10-16)26(19)14-15-7-3-1-4-8-15/h1,3-4,7-8,11-13,16H,2,5-6,9-10,14H2. The van der Waals surface area contributed by atoms with E-state index in [1.165, 1.54) is 12.5 Å². The molecule has 0 aliphatic heterocycles. The van der Waals surface area contributed by atoms with Gasteiger partial charge in [-0.15, -0.1) is 0 Å². The van der Waals surface area contributed by atoms with Crippen LogP contribution in [0.5, 0.6) is 0 Å². The highest BCUT2D eigenvalue weighted by molar-refractivity contribution is 5.77. The van der Waals surface area contributed by atoms with Gasteiger partial charge in [0, 0.05) is 12.5 Å². The number of benzene rings is 2. The fraction of sp³-hybridized carbons (Fsp3) is 0.381. The summed E-state index contributed by atoms with van der Waals surface area (Å²) in [6.07, 6.45) is 1.32. The summed E-state index contributed by atoms with van der Waals surface area (Å²) in [4.78, 5) is 4.67. The fourth-order valence-corrected chi connectivity index (χ4v) is 3.93. The van der Waals surface area contributed by atoms with Gasteiger partial charge in [-0.05, 0) is 36.6 Å². The van der Waals surface area contributed by atoms with Crippen molar-refractivity contribution in [2.75, 3.05) is 0 Å². The zero-order valence-electron chi connectivity index (χ0n) is 14.5. The Balaban J connectivity index is 1.82. The zero-order chi connectivity index (χ0) is 18.1. The normalized spacial score (nSPS) is 16.3. The first-order valence-electron chi connectivity index (χ1n) is 9.14.